The molecule has 0 heterocycles. The lowest BCUT2D eigenvalue weighted by Crippen LogP contribution is -2.31. The fourth-order valence-corrected chi connectivity index (χ4v) is 2.31. The second-order valence-corrected chi connectivity index (χ2v) is 6.25. The smallest absolute Gasteiger partial charge is 0.127 e. The number of rotatable bonds is 8. The van der Waals surface area contributed by atoms with Gasteiger partial charge in [0.25, 0.3) is 0 Å². The zero-order chi connectivity index (χ0) is 14.3. The van der Waals surface area contributed by atoms with Crippen molar-refractivity contribution in [3.63, 3.8) is 0 Å². The third kappa shape index (κ3) is 5.73. The van der Waals surface area contributed by atoms with E-state index in [-0.39, 0.29) is 17.3 Å². The van der Waals surface area contributed by atoms with Crippen molar-refractivity contribution in [1.82, 2.24) is 5.32 Å². The minimum absolute atomic E-state index is 0.0617. The van der Waals surface area contributed by atoms with Crippen LogP contribution in [0.1, 0.15) is 65.0 Å². The minimum atomic E-state index is -0.119. The Hall–Kier alpha value is -0.890. The standard InChI is InChI=1S/C17H28FN/c1-5-6-9-12-17(3,4)13-19-14(2)15-10-7-8-11-16(15)18/h7-8,10-11,14,19H,5-6,9,12-13H2,1-4H3. The van der Waals surface area contributed by atoms with Crippen LogP contribution in [-0.2, 0) is 0 Å². The number of benzene rings is 1. The molecule has 0 spiro atoms. The molecule has 19 heavy (non-hydrogen) atoms. The van der Waals surface area contributed by atoms with Gasteiger partial charge in [-0.2, -0.15) is 0 Å². The van der Waals surface area contributed by atoms with E-state index in [2.05, 4.69) is 26.1 Å². The van der Waals surface area contributed by atoms with Crippen molar-refractivity contribution in [2.45, 2.75) is 59.4 Å². The maximum Gasteiger partial charge on any atom is 0.127 e. The molecule has 0 aromatic heterocycles. The van der Waals surface area contributed by atoms with Gasteiger partial charge in [0.2, 0.25) is 0 Å². The molecule has 0 amide bonds. The highest BCUT2D eigenvalue weighted by Gasteiger charge is 2.19. The summed E-state index contributed by atoms with van der Waals surface area (Å²) < 4.78 is 13.7. The van der Waals surface area contributed by atoms with Gasteiger partial charge in [-0.3, -0.25) is 0 Å². The first-order chi connectivity index (χ1) is 8.96. The molecular formula is C17H28FN. The number of unbranched alkanes of at least 4 members (excludes halogenated alkanes) is 2. The molecule has 1 aromatic rings. The number of hydrogen-bond donors (Lipinski definition) is 1. The Morgan fingerprint density at radius 3 is 2.53 bits per heavy atom. The zero-order valence-corrected chi connectivity index (χ0v) is 12.8. The third-order valence-electron chi connectivity index (χ3n) is 3.72. The van der Waals surface area contributed by atoms with E-state index in [9.17, 15) is 4.39 Å². The summed E-state index contributed by atoms with van der Waals surface area (Å²) in [6.07, 6.45) is 5.05. The van der Waals surface area contributed by atoms with Crippen LogP contribution in [-0.4, -0.2) is 6.54 Å². The average Bonchev–Trinajstić information content (AvgIpc) is 2.37. The van der Waals surface area contributed by atoms with Crippen molar-refractivity contribution in [2.24, 2.45) is 5.41 Å². The summed E-state index contributed by atoms with van der Waals surface area (Å²) >= 11 is 0. The molecule has 0 aliphatic heterocycles. The lowest BCUT2D eigenvalue weighted by molar-refractivity contribution is 0.289. The van der Waals surface area contributed by atoms with Crippen molar-refractivity contribution in [2.75, 3.05) is 6.54 Å². The van der Waals surface area contributed by atoms with Gasteiger partial charge < -0.3 is 5.32 Å². The summed E-state index contributed by atoms with van der Waals surface area (Å²) in [5.41, 5.74) is 1.03. The van der Waals surface area contributed by atoms with Gasteiger partial charge in [-0.25, -0.2) is 4.39 Å². The Morgan fingerprint density at radius 2 is 1.89 bits per heavy atom. The van der Waals surface area contributed by atoms with E-state index in [0.29, 0.717) is 0 Å². The predicted octanol–water partition coefficient (Wildman–Crippen LogP) is 5.08. The van der Waals surface area contributed by atoms with Gasteiger partial charge in [0.15, 0.2) is 0 Å². The second kappa shape index (κ2) is 7.64. The molecule has 108 valence electrons. The van der Waals surface area contributed by atoms with Gasteiger partial charge in [0, 0.05) is 18.2 Å². The first kappa shape index (κ1) is 16.2. The predicted molar refractivity (Wildman–Crippen MR) is 80.7 cm³/mol. The van der Waals surface area contributed by atoms with Crippen LogP contribution in [0.15, 0.2) is 24.3 Å². The highest BCUT2D eigenvalue weighted by atomic mass is 19.1. The number of halogens is 1. The van der Waals surface area contributed by atoms with E-state index < -0.39 is 0 Å². The van der Waals surface area contributed by atoms with Crippen LogP contribution in [0.3, 0.4) is 0 Å². The van der Waals surface area contributed by atoms with Gasteiger partial charge in [-0.05, 0) is 24.8 Å². The summed E-state index contributed by atoms with van der Waals surface area (Å²) in [7, 11) is 0. The maximum absolute atomic E-state index is 13.7. The molecule has 0 saturated carbocycles. The van der Waals surface area contributed by atoms with Crippen LogP contribution in [0.25, 0.3) is 0 Å². The molecule has 0 bridgehead atoms. The van der Waals surface area contributed by atoms with Crippen molar-refractivity contribution < 1.29 is 4.39 Å². The van der Waals surface area contributed by atoms with Gasteiger partial charge >= 0.3 is 0 Å². The Kier molecular flexibility index (Phi) is 6.50. The van der Waals surface area contributed by atoms with Crippen LogP contribution in [0, 0.1) is 11.2 Å². The summed E-state index contributed by atoms with van der Waals surface area (Å²) in [4.78, 5) is 0. The number of nitrogens with one attached hydrogen (secondary N) is 1. The topological polar surface area (TPSA) is 12.0 Å². The molecule has 1 N–H and O–H groups in total. The van der Waals surface area contributed by atoms with E-state index in [1.54, 1.807) is 6.07 Å². The molecule has 0 fully saturated rings. The Bertz CT molecular complexity index is 373. The quantitative estimate of drug-likeness (QED) is 0.646. The fourth-order valence-electron chi connectivity index (χ4n) is 2.31. The van der Waals surface area contributed by atoms with Gasteiger partial charge in [0.05, 0.1) is 0 Å². The molecule has 1 unspecified atom stereocenters. The summed E-state index contributed by atoms with van der Waals surface area (Å²) in [6.45, 7) is 9.74. The van der Waals surface area contributed by atoms with E-state index in [1.807, 2.05) is 19.1 Å². The van der Waals surface area contributed by atoms with Crippen LogP contribution in [0.5, 0.6) is 0 Å². The normalized spacial score (nSPS) is 13.5. The van der Waals surface area contributed by atoms with Crippen LogP contribution in [0.2, 0.25) is 0 Å². The molecule has 0 aliphatic rings. The van der Waals surface area contributed by atoms with Crippen molar-refractivity contribution in [3.05, 3.63) is 35.6 Å². The van der Waals surface area contributed by atoms with Crippen LogP contribution < -0.4 is 5.32 Å². The van der Waals surface area contributed by atoms with E-state index >= 15 is 0 Å². The first-order valence-corrected chi connectivity index (χ1v) is 7.44. The van der Waals surface area contributed by atoms with E-state index in [1.165, 1.54) is 31.7 Å². The molecule has 0 radical (unpaired) electrons. The second-order valence-electron chi connectivity index (χ2n) is 6.25. The average molecular weight is 265 g/mol. The lowest BCUT2D eigenvalue weighted by atomic mass is 9.86. The van der Waals surface area contributed by atoms with Gasteiger partial charge in [-0.15, -0.1) is 0 Å². The van der Waals surface area contributed by atoms with E-state index in [0.717, 1.165) is 12.1 Å². The van der Waals surface area contributed by atoms with E-state index in [4.69, 9.17) is 0 Å². The largest absolute Gasteiger partial charge is 0.310 e. The summed E-state index contributed by atoms with van der Waals surface area (Å²) in [6, 6.07) is 7.08. The first-order valence-electron chi connectivity index (χ1n) is 7.44. The third-order valence-corrected chi connectivity index (χ3v) is 3.72. The van der Waals surface area contributed by atoms with Crippen molar-refractivity contribution in [1.29, 1.82) is 0 Å². The SMILES string of the molecule is CCCCCC(C)(C)CNC(C)c1ccccc1F. The molecule has 1 rings (SSSR count). The zero-order valence-electron chi connectivity index (χ0n) is 12.8. The minimum Gasteiger partial charge on any atom is -0.310 e. The highest BCUT2D eigenvalue weighted by molar-refractivity contribution is 5.20. The molecular weight excluding hydrogens is 237 g/mol. The van der Waals surface area contributed by atoms with Crippen molar-refractivity contribution in [3.8, 4) is 0 Å². The van der Waals surface area contributed by atoms with Crippen LogP contribution in [0.4, 0.5) is 4.39 Å². The molecule has 1 nitrogen and oxygen atoms in total. The highest BCUT2D eigenvalue weighted by Crippen LogP contribution is 2.24. The fraction of sp³-hybridized carbons (Fsp3) is 0.647. The Balaban J connectivity index is 2.45. The van der Waals surface area contributed by atoms with Crippen LogP contribution >= 0.6 is 0 Å². The lowest BCUT2D eigenvalue weighted by Gasteiger charge is -2.27. The molecule has 1 aromatic carbocycles. The Morgan fingerprint density at radius 1 is 1.21 bits per heavy atom. The van der Waals surface area contributed by atoms with Gasteiger partial charge in [0.1, 0.15) is 5.82 Å². The molecule has 0 aliphatic carbocycles. The monoisotopic (exact) mass is 265 g/mol. The molecule has 1 atom stereocenters. The number of hydrogen-bond acceptors (Lipinski definition) is 1. The Labute approximate surface area is 117 Å². The molecule has 0 saturated heterocycles. The molecule has 2 heteroatoms. The summed E-state index contributed by atoms with van der Waals surface area (Å²) in [5.74, 6) is -0.119. The van der Waals surface area contributed by atoms with Crippen molar-refractivity contribution >= 4 is 0 Å². The summed E-state index contributed by atoms with van der Waals surface area (Å²) in [5, 5.41) is 3.47. The van der Waals surface area contributed by atoms with Gasteiger partial charge in [-0.1, -0.05) is 58.2 Å². The maximum atomic E-state index is 13.7.